The zero-order valence-corrected chi connectivity index (χ0v) is 12.6. The number of hydrogen-bond donors (Lipinski definition) is 1. The van der Waals surface area contributed by atoms with E-state index in [9.17, 15) is 0 Å². The summed E-state index contributed by atoms with van der Waals surface area (Å²) in [6.45, 7) is 2.25. The predicted molar refractivity (Wildman–Crippen MR) is 80.4 cm³/mol. The lowest BCUT2D eigenvalue weighted by atomic mass is 9.96. The Morgan fingerprint density at radius 1 is 1.32 bits per heavy atom. The minimum Gasteiger partial charge on any atom is -0.317 e. The maximum atomic E-state index is 4.79. The fraction of sp³-hybridized carbons (Fsp3) is 0.812. The highest BCUT2D eigenvalue weighted by molar-refractivity contribution is 5.00. The fourth-order valence-corrected chi connectivity index (χ4v) is 3.16. The molecule has 1 atom stereocenters. The molecule has 1 unspecified atom stereocenters. The second-order valence-electron chi connectivity index (χ2n) is 5.89. The van der Waals surface area contributed by atoms with Crippen molar-refractivity contribution in [3.8, 4) is 0 Å². The van der Waals surface area contributed by atoms with Gasteiger partial charge in [0.1, 0.15) is 0 Å². The van der Waals surface area contributed by atoms with Gasteiger partial charge in [-0.3, -0.25) is 4.68 Å². The lowest BCUT2D eigenvalue weighted by Crippen LogP contribution is -2.25. The first kappa shape index (κ1) is 14.6. The Hall–Kier alpha value is -0.830. The van der Waals surface area contributed by atoms with Crippen LogP contribution in [0.4, 0.5) is 0 Å². The van der Waals surface area contributed by atoms with Crippen molar-refractivity contribution in [1.82, 2.24) is 15.1 Å². The molecule has 1 saturated carbocycles. The van der Waals surface area contributed by atoms with Crippen LogP contribution in [0.25, 0.3) is 0 Å². The van der Waals surface area contributed by atoms with Gasteiger partial charge < -0.3 is 5.32 Å². The normalized spacial score (nSPS) is 18.6. The summed E-state index contributed by atoms with van der Waals surface area (Å²) >= 11 is 0. The van der Waals surface area contributed by atoms with E-state index in [1.54, 1.807) is 0 Å². The molecule has 2 rings (SSSR count). The summed E-state index contributed by atoms with van der Waals surface area (Å²) in [4.78, 5) is 0. The van der Waals surface area contributed by atoms with E-state index in [1.807, 2.05) is 0 Å². The largest absolute Gasteiger partial charge is 0.317 e. The third-order valence-corrected chi connectivity index (χ3v) is 4.41. The van der Waals surface area contributed by atoms with Crippen LogP contribution >= 0.6 is 0 Å². The Balaban J connectivity index is 1.82. The van der Waals surface area contributed by atoms with Crippen molar-refractivity contribution in [3.05, 3.63) is 18.0 Å². The highest BCUT2D eigenvalue weighted by atomic mass is 15.3. The summed E-state index contributed by atoms with van der Waals surface area (Å²) in [5.74, 6) is 0. The molecule has 0 amide bonds. The molecule has 108 valence electrons. The molecule has 0 spiro atoms. The zero-order chi connectivity index (χ0) is 13.5. The van der Waals surface area contributed by atoms with Crippen molar-refractivity contribution in [2.45, 2.75) is 76.8 Å². The summed E-state index contributed by atoms with van der Waals surface area (Å²) in [5.41, 5.74) is 1.27. The van der Waals surface area contributed by atoms with Crippen LogP contribution in [-0.4, -0.2) is 22.9 Å². The van der Waals surface area contributed by atoms with E-state index in [0.29, 0.717) is 12.1 Å². The molecule has 1 aliphatic carbocycles. The molecule has 3 nitrogen and oxygen atoms in total. The minimum absolute atomic E-state index is 0.643. The Kier molecular flexibility index (Phi) is 5.90. The first-order valence-corrected chi connectivity index (χ1v) is 8.04. The molecule has 1 aromatic rings. The molecular weight excluding hydrogens is 234 g/mol. The highest BCUT2D eigenvalue weighted by Gasteiger charge is 2.16. The number of hydrogen-bond acceptors (Lipinski definition) is 2. The third-order valence-electron chi connectivity index (χ3n) is 4.41. The maximum absolute atomic E-state index is 4.79. The smallest absolute Gasteiger partial charge is 0.0625 e. The van der Waals surface area contributed by atoms with E-state index >= 15 is 0 Å². The van der Waals surface area contributed by atoms with Crippen molar-refractivity contribution < 1.29 is 0 Å². The average Bonchev–Trinajstić information content (AvgIpc) is 2.93. The van der Waals surface area contributed by atoms with Gasteiger partial charge >= 0.3 is 0 Å². The number of rotatable bonds is 7. The molecule has 1 aromatic heterocycles. The summed E-state index contributed by atoms with van der Waals surface area (Å²) < 4.78 is 2.22. The Morgan fingerprint density at radius 3 is 2.79 bits per heavy atom. The van der Waals surface area contributed by atoms with Crippen LogP contribution in [-0.2, 0) is 6.42 Å². The fourth-order valence-electron chi connectivity index (χ4n) is 3.16. The number of nitrogens with zero attached hydrogens (tertiary/aromatic N) is 2. The molecule has 0 radical (unpaired) electrons. The van der Waals surface area contributed by atoms with Crippen LogP contribution in [0.3, 0.4) is 0 Å². The van der Waals surface area contributed by atoms with Crippen molar-refractivity contribution in [2.75, 3.05) is 7.05 Å². The Morgan fingerprint density at radius 2 is 2.11 bits per heavy atom. The minimum atomic E-state index is 0.643. The first-order chi connectivity index (χ1) is 9.33. The standard InChI is InChI=1S/C16H29N3/c1-3-7-14(17-2)10-11-15-12-13-19(18-15)16-8-5-4-6-9-16/h12-14,16-17H,3-11H2,1-2H3. The molecule has 1 fully saturated rings. The van der Waals surface area contributed by atoms with Crippen molar-refractivity contribution in [3.63, 3.8) is 0 Å². The van der Waals surface area contributed by atoms with Crippen LogP contribution in [0, 0.1) is 0 Å². The monoisotopic (exact) mass is 263 g/mol. The Bertz CT molecular complexity index is 353. The van der Waals surface area contributed by atoms with Gasteiger partial charge in [-0.25, -0.2) is 0 Å². The highest BCUT2D eigenvalue weighted by Crippen LogP contribution is 2.27. The van der Waals surface area contributed by atoms with E-state index in [1.165, 1.54) is 57.1 Å². The zero-order valence-electron chi connectivity index (χ0n) is 12.6. The van der Waals surface area contributed by atoms with Crippen LogP contribution in [0.1, 0.15) is 70.0 Å². The van der Waals surface area contributed by atoms with Gasteiger partial charge in [-0.05, 0) is 45.2 Å². The lowest BCUT2D eigenvalue weighted by Gasteiger charge is -2.21. The van der Waals surface area contributed by atoms with Gasteiger partial charge in [0.25, 0.3) is 0 Å². The predicted octanol–water partition coefficient (Wildman–Crippen LogP) is 3.71. The molecule has 1 heterocycles. The van der Waals surface area contributed by atoms with Gasteiger partial charge in [0.2, 0.25) is 0 Å². The van der Waals surface area contributed by atoms with Crippen molar-refractivity contribution in [2.24, 2.45) is 0 Å². The summed E-state index contributed by atoms with van der Waals surface area (Å²) in [6, 6.07) is 3.52. The van der Waals surface area contributed by atoms with Crippen LogP contribution in [0.15, 0.2) is 12.3 Å². The van der Waals surface area contributed by atoms with Gasteiger partial charge in [0, 0.05) is 12.2 Å². The van der Waals surface area contributed by atoms with Crippen LogP contribution in [0.5, 0.6) is 0 Å². The molecule has 1 aliphatic rings. The second kappa shape index (κ2) is 7.68. The summed E-state index contributed by atoms with van der Waals surface area (Å²) in [5, 5.41) is 8.20. The number of aromatic nitrogens is 2. The van der Waals surface area contributed by atoms with E-state index in [2.05, 4.69) is 36.2 Å². The van der Waals surface area contributed by atoms with E-state index in [4.69, 9.17) is 5.10 Å². The average molecular weight is 263 g/mol. The third kappa shape index (κ3) is 4.34. The van der Waals surface area contributed by atoms with Gasteiger partial charge in [-0.1, -0.05) is 32.6 Å². The first-order valence-electron chi connectivity index (χ1n) is 8.04. The topological polar surface area (TPSA) is 29.9 Å². The van der Waals surface area contributed by atoms with E-state index in [-0.39, 0.29) is 0 Å². The van der Waals surface area contributed by atoms with Crippen molar-refractivity contribution >= 4 is 0 Å². The molecular formula is C16H29N3. The molecule has 1 N–H and O–H groups in total. The molecule has 3 heteroatoms. The van der Waals surface area contributed by atoms with Crippen molar-refractivity contribution in [1.29, 1.82) is 0 Å². The molecule has 19 heavy (non-hydrogen) atoms. The molecule has 0 saturated heterocycles. The molecule has 0 bridgehead atoms. The molecule has 0 aliphatic heterocycles. The SMILES string of the molecule is CCCC(CCc1ccn(C2CCCCC2)n1)NC. The number of nitrogens with one attached hydrogen (secondary N) is 1. The maximum Gasteiger partial charge on any atom is 0.0625 e. The lowest BCUT2D eigenvalue weighted by molar-refractivity contribution is 0.327. The summed E-state index contributed by atoms with van der Waals surface area (Å²) in [6.07, 6.45) is 13.8. The van der Waals surface area contributed by atoms with Crippen LogP contribution < -0.4 is 5.32 Å². The second-order valence-corrected chi connectivity index (χ2v) is 5.89. The number of aryl methyl sites for hydroxylation is 1. The van der Waals surface area contributed by atoms with Crippen LogP contribution in [0.2, 0.25) is 0 Å². The van der Waals surface area contributed by atoms with Gasteiger partial charge in [0.15, 0.2) is 0 Å². The van der Waals surface area contributed by atoms with E-state index < -0.39 is 0 Å². The van der Waals surface area contributed by atoms with Gasteiger partial charge in [0.05, 0.1) is 11.7 Å². The molecule has 0 aromatic carbocycles. The Labute approximate surface area is 117 Å². The quantitative estimate of drug-likeness (QED) is 0.812. The van der Waals surface area contributed by atoms with Gasteiger partial charge in [-0.2, -0.15) is 5.10 Å². The summed E-state index contributed by atoms with van der Waals surface area (Å²) in [7, 11) is 2.07. The van der Waals surface area contributed by atoms with Gasteiger partial charge in [-0.15, -0.1) is 0 Å². The van der Waals surface area contributed by atoms with E-state index in [0.717, 1.165) is 6.42 Å².